The highest BCUT2D eigenvalue weighted by Gasteiger charge is 2.28. The van der Waals surface area contributed by atoms with E-state index in [1.54, 1.807) is 145 Å². The second-order valence-electron chi connectivity index (χ2n) is 23.7. The zero-order valence-corrected chi connectivity index (χ0v) is 70.0. The van der Waals surface area contributed by atoms with Gasteiger partial charge in [-0.3, -0.25) is 0 Å². The average molecular weight is 1720 g/mol. The van der Waals surface area contributed by atoms with Crippen LogP contribution < -0.4 is 31.4 Å². The first kappa shape index (κ1) is 94.5. The van der Waals surface area contributed by atoms with E-state index in [2.05, 4.69) is 63.9 Å². The lowest BCUT2D eigenvalue weighted by Crippen LogP contribution is -2.42. The van der Waals surface area contributed by atoms with Crippen LogP contribution in [0.25, 0.3) is 22.1 Å². The van der Waals surface area contributed by atoms with Crippen LogP contribution in [0.1, 0.15) is 87.1 Å². The first-order chi connectivity index (χ1) is 49.6. The fourth-order valence-electron chi connectivity index (χ4n) is 9.65. The second kappa shape index (κ2) is 37.8. The smallest absolute Gasteiger partial charge is 0.244 e. The molecule has 109 heavy (non-hydrogen) atoms. The molecule has 11 rings (SSSR count). The summed E-state index contributed by atoms with van der Waals surface area (Å²) in [5, 5.41) is 0. The highest BCUT2D eigenvalue weighted by atomic mass is 32.3. The molecule has 9 aromatic heterocycles. The highest BCUT2D eigenvalue weighted by molar-refractivity contribution is 7.96. The van der Waals surface area contributed by atoms with Crippen LogP contribution in [-0.4, -0.2) is 135 Å². The minimum absolute atomic E-state index is 0.110. The highest BCUT2D eigenvalue weighted by Crippen LogP contribution is 2.18. The van der Waals surface area contributed by atoms with Crippen LogP contribution in [0.5, 0.6) is 0 Å². The Hall–Kier alpha value is -8.67. The Morgan fingerprint density at radius 3 is 1.34 bits per heavy atom. The van der Waals surface area contributed by atoms with Crippen LogP contribution in [0.2, 0.25) is 0 Å². The predicted octanol–water partition coefficient (Wildman–Crippen LogP) is 4.50. The molecule has 0 saturated heterocycles. The lowest BCUT2D eigenvalue weighted by Gasteiger charge is -2.03. The topological polar surface area (TPSA) is 268 Å². The molecule has 9 heterocycles. The first-order valence-corrected chi connectivity index (χ1v) is 45.4. The van der Waals surface area contributed by atoms with Gasteiger partial charge in [0, 0.05) is 98.9 Å². The molecule has 2 aromatic carbocycles. The SMILES string of the molecule is C=S(=O)(F)[n+]1cc(C)n(C)c1CC.C=S(=O)(F)n1c(C)[n+](C)c2ccccc21.C=S(=O)(F)n1cc[n+](C)c1.C=S(=O)(F)n1cc[n+](C)c1C.C=S(=O)(F)n1cc[n+](C)c1C(C)C.C=S(=O)(F)n1cc[n+](C)c1CCCC.C=S(=O)(F)n1ccnc1.C=S(=O)(F)n1ccnc1C.C[n+]1cn(S(=O)(=O)F)c2ccccc21. The van der Waals surface area contributed by atoms with Gasteiger partial charge in [-0.05, 0) is 37.6 Å². The second-order valence-corrected chi connectivity index (χ2v) is 37.1. The van der Waals surface area contributed by atoms with E-state index in [-0.39, 0.29) is 5.92 Å². The number of imidazole rings is 9. The van der Waals surface area contributed by atoms with Crippen molar-refractivity contribution in [2.45, 2.75) is 87.0 Å². The van der Waals surface area contributed by atoms with Crippen molar-refractivity contribution in [3.8, 4) is 0 Å². The minimum atomic E-state index is -4.71. The van der Waals surface area contributed by atoms with E-state index in [0.29, 0.717) is 61.9 Å². The fraction of sp³-hybridized carbons (Fsp3) is 0.317. The molecule has 0 bridgehead atoms. The van der Waals surface area contributed by atoms with Gasteiger partial charge >= 0.3 is 10.4 Å². The molecule has 11 aromatic rings. The number of para-hydroxylation sites is 4. The number of aromatic nitrogens is 18. The molecule has 0 fully saturated rings. The van der Waals surface area contributed by atoms with Gasteiger partial charge in [0.1, 0.15) is 73.6 Å². The van der Waals surface area contributed by atoms with E-state index in [1.165, 1.54) is 68.4 Å². The van der Waals surface area contributed by atoms with Crippen LogP contribution >= 0.6 is 0 Å². The van der Waals surface area contributed by atoms with Gasteiger partial charge in [-0.15, -0.1) is 54.9 Å². The van der Waals surface area contributed by atoms with Gasteiger partial charge < -0.3 is 0 Å². The third kappa shape index (κ3) is 27.1. The van der Waals surface area contributed by atoms with Gasteiger partial charge in [0.25, 0.3) is 102 Å². The largest absolute Gasteiger partial charge is 0.481 e. The average Bonchev–Trinajstić information content (AvgIpc) is 1.62. The Morgan fingerprint density at radius 1 is 0.486 bits per heavy atom. The molecule has 46 heteroatoms. The summed E-state index contributed by atoms with van der Waals surface area (Å²) in [5.74, 6) is 27.3. The summed E-state index contributed by atoms with van der Waals surface area (Å²) in [7, 11) is -21.5. The third-order valence-corrected chi connectivity index (χ3v) is 23.2. The number of unbranched alkanes of at least 4 members (excludes halogenated alkanes) is 1. The van der Waals surface area contributed by atoms with Crippen LogP contribution in [0, 0.1) is 27.7 Å². The molecule has 0 N–H and O–H groups in total. The standard InChI is InChI=1S/C10H12FN2OS.C9H16FN2OS.C8H8FN2O2S.2C8H14FN2OS.C6H10FN2OS.C5H8FN2OS.C5H7FN2OS.C4H5FN2OS/c1-8-12(2)9-6-4-5-7-10(9)13(8)15(3,11)14;1-4-5-6-9-11(2)7-8-12(9)14(3,10)13;1-10-6-11(14(9,12)13)8-5-3-2-4-7(8)10;1-7(2)8-10(3)5-6-11(8)13(4,9)12;1-5-8-10(3)7(2)6-11(8)13(4,9)12;1-6-8(2)4-5-9(6)11(3,7)10;1-7-3-4-8(5-7)10(2,6)9;1-5-7-3-4-8(5)10(2,6)9;1-9(5,8)7-3-2-6-4-7/h4-7H,3H2,1-2H3;7-8H,3-6H2,1-2H3;2-6H,1H3;5-7H,4H2,1-3H3;6H,4-5H2,1-3H3;4-5H,3H2,1-2H3;3-5H,2H2,1H3;3-4H,2H2,1H3;2-4H,1H2/q7*+1;;. The van der Waals surface area contributed by atoms with E-state index < -0.39 is 91.2 Å². The zero-order chi connectivity index (χ0) is 83.9. The van der Waals surface area contributed by atoms with Gasteiger partial charge in [0.05, 0.1) is 61.7 Å². The normalized spacial score (nSPS) is 15.5. The van der Waals surface area contributed by atoms with Crippen molar-refractivity contribution in [1.29, 1.82) is 0 Å². The Labute approximate surface area is 635 Å². The Balaban J connectivity index is 0.000000319. The number of benzene rings is 2. The van der Waals surface area contributed by atoms with Gasteiger partial charge in [0.15, 0.2) is 22.1 Å². The molecule has 8 atom stereocenters. The van der Waals surface area contributed by atoms with Gasteiger partial charge in [0.2, 0.25) is 20.2 Å². The Morgan fingerprint density at radius 2 is 0.982 bits per heavy atom. The van der Waals surface area contributed by atoms with Crippen LogP contribution in [0.3, 0.4) is 0 Å². The molecule has 28 nitrogen and oxygen atoms in total. The number of aryl methyl sites for hydroxylation is 8. The molecular formula is C63H94F9N18O10S9+7. The number of rotatable bonds is 14. The molecule has 0 aliphatic carbocycles. The van der Waals surface area contributed by atoms with Gasteiger partial charge in [-0.1, -0.05) is 66.2 Å². The van der Waals surface area contributed by atoms with Gasteiger partial charge in [-0.25, -0.2) is 58.3 Å². The van der Waals surface area contributed by atoms with Crippen LogP contribution in [-0.2, 0) is 153 Å². The predicted molar refractivity (Wildman–Crippen MR) is 419 cm³/mol. The maximum atomic E-state index is 13.5. The molecule has 606 valence electrons. The first-order valence-electron chi connectivity index (χ1n) is 31.4. The van der Waals surface area contributed by atoms with Crippen molar-refractivity contribution >= 4 is 160 Å². The fourth-order valence-corrected chi connectivity index (χ4v) is 16.2. The van der Waals surface area contributed by atoms with Crippen LogP contribution in [0.15, 0.2) is 148 Å². The molecule has 0 aliphatic heterocycles. The summed E-state index contributed by atoms with van der Waals surface area (Å²) in [6.45, 7) is 14.6. The Bertz CT molecular complexity index is 6070. The molecule has 0 amide bonds. The minimum Gasteiger partial charge on any atom is -0.244 e. The summed E-state index contributed by atoms with van der Waals surface area (Å²) in [6.07, 6.45) is 26.1. The molecule has 8 unspecified atom stereocenters. The van der Waals surface area contributed by atoms with E-state index in [1.807, 2.05) is 58.5 Å². The number of nitrogens with zero attached hydrogens (tertiary/aromatic N) is 18. The van der Waals surface area contributed by atoms with E-state index >= 15 is 0 Å². The maximum Gasteiger partial charge on any atom is 0.481 e. The number of hydrogen-bond donors (Lipinski definition) is 0. The zero-order valence-electron chi connectivity index (χ0n) is 62.6. The van der Waals surface area contributed by atoms with E-state index in [4.69, 9.17) is 0 Å². The van der Waals surface area contributed by atoms with Crippen molar-refractivity contribution in [2.24, 2.45) is 49.3 Å². The monoisotopic (exact) mass is 1720 g/mol. The summed E-state index contributed by atoms with van der Waals surface area (Å²) >= 11 is 0. The molecule has 0 saturated carbocycles. The molecular weight excluding hydrogens is 1630 g/mol. The third-order valence-electron chi connectivity index (χ3n) is 15.0. The van der Waals surface area contributed by atoms with Crippen molar-refractivity contribution in [3.05, 3.63) is 189 Å². The number of hydrogen-bond acceptors (Lipinski definition) is 12. The van der Waals surface area contributed by atoms with Crippen LogP contribution in [0.4, 0.5) is 35.0 Å². The summed E-state index contributed by atoms with van der Waals surface area (Å²) in [6, 6.07) is 13.9. The number of halogens is 9. The van der Waals surface area contributed by atoms with Crippen molar-refractivity contribution in [1.82, 2.24) is 46.3 Å². The molecule has 0 aliphatic rings. The quantitative estimate of drug-likeness (QED) is 0.0631. The lowest BCUT2D eigenvalue weighted by molar-refractivity contribution is -0.679. The van der Waals surface area contributed by atoms with Crippen molar-refractivity contribution in [3.63, 3.8) is 0 Å². The summed E-state index contributed by atoms with van der Waals surface area (Å²) in [5.41, 5.74) is 3.29. The Kier molecular flexibility index (Phi) is 32.8. The maximum absolute atomic E-state index is 13.5. The van der Waals surface area contributed by atoms with Crippen molar-refractivity contribution in [2.75, 3.05) is 0 Å². The number of fused-ring (bicyclic) bond motifs is 2. The molecule has 0 spiro atoms. The lowest BCUT2D eigenvalue weighted by atomic mass is 10.2. The van der Waals surface area contributed by atoms with E-state index in [9.17, 15) is 77.1 Å². The van der Waals surface area contributed by atoms with E-state index in [0.717, 1.165) is 68.6 Å². The van der Waals surface area contributed by atoms with Crippen molar-refractivity contribution < 1.29 is 108 Å². The summed E-state index contributed by atoms with van der Waals surface area (Å²) in [4.78, 5) is 7.18. The summed E-state index contributed by atoms with van der Waals surface area (Å²) < 4.78 is 245. The van der Waals surface area contributed by atoms with Gasteiger partial charge in [-0.2, -0.15) is 33.7 Å². The molecule has 0 radical (unpaired) electrons.